The van der Waals surface area contributed by atoms with Gasteiger partial charge in [0.05, 0.1) is 10.6 Å². The molecule has 0 aliphatic heterocycles. The lowest BCUT2D eigenvalue weighted by atomic mass is 10.1. The van der Waals surface area contributed by atoms with E-state index in [9.17, 15) is 4.79 Å². The highest BCUT2D eigenvalue weighted by atomic mass is 35.5. The van der Waals surface area contributed by atoms with Gasteiger partial charge in [-0.3, -0.25) is 4.79 Å². The molecule has 0 unspecified atom stereocenters. The minimum atomic E-state index is -0.154. The lowest BCUT2D eigenvalue weighted by Crippen LogP contribution is -2.24. The van der Waals surface area contributed by atoms with Crippen LogP contribution in [0.4, 0.5) is 5.69 Å². The van der Waals surface area contributed by atoms with Gasteiger partial charge >= 0.3 is 0 Å². The second-order valence-electron chi connectivity index (χ2n) is 4.06. The van der Waals surface area contributed by atoms with Crippen molar-refractivity contribution in [3.05, 3.63) is 28.8 Å². The van der Waals surface area contributed by atoms with Gasteiger partial charge in [-0.05, 0) is 24.6 Å². The van der Waals surface area contributed by atoms with E-state index in [1.165, 1.54) is 12.8 Å². The number of carbonyl (C=O) groups excluding carboxylic acids is 1. The van der Waals surface area contributed by atoms with Gasteiger partial charge in [0, 0.05) is 12.2 Å². The summed E-state index contributed by atoms with van der Waals surface area (Å²) < 4.78 is 0. The van der Waals surface area contributed by atoms with E-state index in [0.29, 0.717) is 22.8 Å². The number of nitrogens with two attached hydrogens (primary N) is 1. The van der Waals surface area contributed by atoms with E-state index in [1.54, 1.807) is 18.2 Å². The Hall–Kier alpha value is -1.22. The average molecular weight is 255 g/mol. The fourth-order valence-electron chi connectivity index (χ4n) is 1.57. The molecule has 3 nitrogen and oxygen atoms in total. The Morgan fingerprint density at radius 2 is 2.12 bits per heavy atom. The number of hydrogen-bond acceptors (Lipinski definition) is 2. The van der Waals surface area contributed by atoms with Gasteiger partial charge in [-0.2, -0.15) is 0 Å². The van der Waals surface area contributed by atoms with Crippen molar-refractivity contribution in [3.8, 4) is 0 Å². The smallest absolute Gasteiger partial charge is 0.252 e. The number of carbonyl (C=O) groups is 1. The molecule has 1 rings (SSSR count). The molecule has 0 atom stereocenters. The average Bonchev–Trinajstić information content (AvgIpc) is 2.32. The largest absolute Gasteiger partial charge is 0.399 e. The molecule has 1 aromatic carbocycles. The van der Waals surface area contributed by atoms with Gasteiger partial charge in [0.2, 0.25) is 0 Å². The van der Waals surface area contributed by atoms with Crippen molar-refractivity contribution in [1.82, 2.24) is 5.32 Å². The molecule has 1 amide bonds. The lowest BCUT2D eigenvalue weighted by Gasteiger charge is -2.07. The van der Waals surface area contributed by atoms with Gasteiger partial charge in [0.25, 0.3) is 5.91 Å². The maximum absolute atomic E-state index is 11.8. The van der Waals surface area contributed by atoms with Crippen LogP contribution in [0.25, 0.3) is 0 Å². The van der Waals surface area contributed by atoms with Crippen LogP contribution in [0, 0.1) is 0 Å². The Labute approximate surface area is 107 Å². The molecule has 3 N–H and O–H groups in total. The van der Waals surface area contributed by atoms with Crippen molar-refractivity contribution >= 4 is 23.2 Å². The molecule has 4 heteroatoms. The number of nitrogens with one attached hydrogen (secondary N) is 1. The molecule has 0 aliphatic carbocycles. The SMILES string of the molecule is CCCCCCNC(=O)c1cc(N)ccc1Cl. The number of unbranched alkanes of at least 4 members (excludes halogenated alkanes) is 3. The fourth-order valence-corrected chi connectivity index (χ4v) is 1.77. The van der Waals surface area contributed by atoms with Crippen molar-refractivity contribution in [2.75, 3.05) is 12.3 Å². The van der Waals surface area contributed by atoms with Gasteiger partial charge in [-0.1, -0.05) is 37.8 Å². The maximum Gasteiger partial charge on any atom is 0.252 e. The van der Waals surface area contributed by atoms with Crippen LogP contribution in [0.1, 0.15) is 43.0 Å². The van der Waals surface area contributed by atoms with Gasteiger partial charge < -0.3 is 11.1 Å². The van der Waals surface area contributed by atoms with E-state index in [-0.39, 0.29) is 5.91 Å². The first-order chi connectivity index (χ1) is 8.15. The van der Waals surface area contributed by atoms with Crippen molar-refractivity contribution in [3.63, 3.8) is 0 Å². The summed E-state index contributed by atoms with van der Waals surface area (Å²) in [7, 11) is 0. The molecular formula is C13H19ClN2O. The molecule has 0 saturated heterocycles. The Bertz CT molecular complexity index is 380. The van der Waals surface area contributed by atoms with E-state index >= 15 is 0 Å². The predicted molar refractivity (Wildman–Crippen MR) is 72.3 cm³/mol. The molecule has 94 valence electrons. The van der Waals surface area contributed by atoms with E-state index in [4.69, 9.17) is 17.3 Å². The maximum atomic E-state index is 11.8. The molecule has 1 aromatic rings. The summed E-state index contributed by atoms with van der Waals surface area (Å²) >= 11 is 5.94. The van der Waals surface area contributed by atoms with Gasteiger partial charge in [0.15, 0.2) is 0 Å². The third kappa shape index (κ3) is 4.65. The van der Waals surface area contributed by atoms with E-state index in [2.05, 4.69) is 12.2 Å². The summed E-state index contributed by atoms with van der Waals surface area (Å²) in [5.74, 6) is -0.154. The zero-order valence-corrected chi connectivity index (χ0v) is 10.9. The van der Waals surface area contributed by atoms with Crippen molar-refractivity contribution in [1.29, 1.82) is 0 Å². The molecule has 0 aliphatic rings. The molecule has 0 saturated carbocycles. The second-order valence-corrected chi connectivity index (χ2v) is 4.46. The normalized spacial score (nSPS) is 10.2. The lowest BCUT2D eigenvalue weighted by molar-refractivity contribution is 0.0953. The molecular weight excluding hydrogens is 236 g/mol. The van der Waals surface area contributed by atoms with Crippen molar-refractivity contribution in [2.24, 2.45) is 0 Å². The van der Waals surface area contributed by atoms with Gasteiger partial charge in [-0.15, -0.1) is 0 Å². The molecule has 0 radical (unpaired) electrons. The summed E-state index contributed by atoms with van der Waals surface area (Å²) in [5, 5.41) is 3.28. The summed E-state index contributed by atoms with van der Waals surface area (Å²) in [6, 6.07) is 4.92. The van der Waals surface area contributed by atoms with Crippen LogP contribution >= 0.6 is 11.6 Å². The Balaban J connectivity index is 2.44. The highest BCUT2D eigenvalue weighted by Gasteiger charge is 2.09. The number of halogens is 1. The van der Waals surface area contributed by atoms with E-state index in [0.717, 1.165) is 12.8 Å². The first-order valence-electron chi connectivity index (χ1n) is 5.98. The zero-order chi connectivity index (χ0) is 12.7. The molecule has 17 heavy (non-hydrogen) atoms. The Kier molecular flexibility index (Phi) is 5.84. The first-order valence-corrected chi connectivity index (χ1v) is 6.36. The first kappa shape index (κ1) is 13.8. The third-order valence-electron chi connectivity index (χ3n) is 2.55. The monoisotopic (exact) mass is 254 g/mol. The van der Waals surface area contributed by atoms with Crippen molar-refractivity contribution in [2.45, 2.75) is 32.6 Å². The minimum Gasteiger partial charge on any atom is -0.399 e. The molecule has 0 aromatic heterocycles. The van der Waals surface area contributed by atoms with Crippen LogP contribution in [-0.2, 0) is 0 Å². The summed E-state index contributed by atoms with van der Waals surface area (Å²) in [6.07, 6.45) is 4.53. The minimum absolute atomic E-state index is 0.154. The number of nitrogen functional groups attached to an aromatic ring is 1. The molecule has 0 bridgehead atoms. The van der Waals surface area contributed by atoms with Crippen LogP contribution in [-0.4, -0.2) is 12.5 Å². The fraction of sp³-hybridized carbons (Fsp3) is 0.462. The van der Waals surface area contributed by atoms with Crippen LogP contribution in [0.2, 0.25) is 5.02 Å². The van der Waals surface area contributed by atoms with Crippen LogP contribution in [0.5, 0.6) is 0 Å². The predicted octanol–water partition coefficient (Wildman–Crippen LogP) is 3.23. The number of rotatable bonds is 6. The van der Waals surface area contributed by atoms with Crippen LogP contribution < -0.4 is 11.1 Å². The number of anilines is 1. The zero-order valence-electron chi connectivity index (χ0n) is 10.1. The third-order valence-corrected chi connectivity index (χ3v) is 2.88. The van der Waals surface area contributed by atoms with E-state index < -0.39 is 0 Å². The Morgan fingerprint density at radius 1 is 1.35 bits per heavy atom. The number of amides is 1. The van der Waals surface area contributed by atoms with Gasteiger partial charge in [0.1, 0.15) is 0 Å². The quantitative estimate of drug-likeness (QED) is 0.605. The van der Waals surface area contributed by atoms with Crippen LogP contribution in [0.3, 0.4) is 0 Å². The topological polar surface area (TPSA) is 55.1 Å². The van der Waals surface area contributed by atoms with E-state index in [1.807, 2.05) is 0 Å². The standard InChI is InChI=1S/C13H19ClN2O/c1-2-3-4-5-8-16-13(17)11-9-10(15)6-7-12(11)14/h6-7,9H,2-5,8,15H2,1H3,(H,16,17). The summed E-state index contributed by atoms with van der Waals surface area (Å²) in [4.78, 5) is 11.8. The molecule has 0 heterocycles. The number of benzene rings is 1. The highest BCUT2D eigenvalue weighted by molar-refractivity contribution is 6.34. The van der Waals surface area contributed by atoms with Crippen molar-refractivity contribution < 1.29 is 4.79 Å². The summed E-state index contributed by atoms with van der Waals surface area (Å²) in [6.45, 7) is 2.84. The molecule has 0 spiro atoms. The Morgan fingerprint density at radius 3 is 2.82 bits per heavy atom. The number of hydrogen-bond donors (Lipinski definition) is 2. The molecule has 0 fully saturated rings. The summed E-state index contributed by atoms with van der Waals surface area (Å²) in [5.41, 5.74) is 6.61. The van der Waals surface area contributed by atoms with Crippen LogP contribution in [0.15, 0.2) is 18.2 Å². The van der Waals surface area contributed by atoms with Gasteiger partial charge in [-0.25, -0.2) is 0 Å². The highest BCUT2D eigenvalue weighted by Crippen LogP contribution is 2.18. The second kappa shape index (κ2) is 7.17.